The molecular formula is C18H26N2. The molecule has 20 heavy (non-hydrogen) atoms. The van der Waals surface area contributed by atoms with Gasteiger partial charge in [-0.15, -0.1) is 0 Å². The highest BCUT2D eigenvalue weighted by Crippen LogP contribution is 2.30. The highest BCUT2D eigenvalue weighted by atomic mass is 15.1. The van der Waals surface area contributed by atoms with Crippen LogP contribution in [0.1, 0.15) is 44.2 Å². The van der Waals surface area contributed by atoms with Gasteiger partial charge in [0.1, 0.15) is 0 Å². The van der Waals surface area contributed by atoms with Gasteiger partial charge in [0.25, 0.3) is 0 Å². The van der Waals surface area contributed by atoms with Gasteiger partial charge in [0, 0.05) is 12.1 Å². The molecule has 0 spiro atoms. The Balaban J connectivity index is 1.99. The summed E-state index contributed by atoms with van der Waals surface area (Å²) in [5.74, 6) is 6.03. The average Bonchev–Trinajstić information content (AvgIpc) is 2.58. The Labute approximate surface area is 123 Å². The minimum absolute atomic E-state index is 0.422. The van der Waals surface area contributed by atoms with Crippen LogP contribution in [0, 0.1) is 17.3 Å². The lowest BCUT2D eigenvalue weighted by molar-refractivity contribution is 0.256. The van der Waals surface area contributed by atoms with Gasteiger partial charge in [-0.05, 0) is 55.5 Å². The maximum absolute atomic E-state index is 5.42. The standard InChI is InChI=1S/C18H26N2/c1-18(2)9-5-12-20(13-10-18)15-17-7-3-6-16(14-17)8-4-11-19/h3,6-7,14H,5,9-13,15,19H2,1-2H3. The van der Waals surface area contributed by atoms with Crippen LogP contribution in [0.15, 0.2) is 24.3 Å². The minimum Gasteiger partial charge on any atom is -0.320 e. The first-order valence-electron chi connectivity index (χ1n) is 7.59. The summed E-state index contributed by atoms with van der Waals surface area (Å²) in [4.78, 5) is 2.57. The molecule has 1 fully saturated rings. The summed E-state index contributed by atoms with van der Waals surface area (Å²) < 4.78 is 0. The number of likely N-dealkylation sites (tertiary alicyclic amines) is 1. The molecule has 1 aromatic rings. The van der Waals surface area contributed by atoms with Crippen LogP contribution in [0.3, 0.4) is 0 Å². The molecule has 2 rings (SSSR count). The SMILES string of the molecule is CC1(C)CCCN(Cc2cccc(C#CCN)c2)CC1. The van der Waals surface area contributed by atoms with Gasteiger partial charge in [-0.1, -0.05) is 37.8 Å². The van der Waals surface area contributed by atoms with Crippen LogP contribution in [0.2, 0.25) is 0 Å². The number of nitrogens with zero attached hydrogens (tertiary/aromatic N) is 1. The molecule has 1 aliphatic heterocycles. The van der Waals surface area contributed by atoms with Crippen molar-refractivity contribution in [2.24, 2.45) is 11.1 Å². The van der Waals surface area contributed by atoms with Crippen LogP contribution in [0.4, 0.5) is 0 Å². The second-order valence-corrected chi connectivity index (χ2v) is 6.50. The van der Waals surface area contributed by atoms with Crippen LogP contribution in [-0.2, 0) is 6.54 Å². The molecule has 1 heterocycles. The quantitative estimate of drug-likeness (QED) is 0.837. The van der Waals surface area contributed by atoms with Crippen LogP contribution in [-0.4, -0.2) is 24.5 Å². The van der Waals surface area contributed by atoms with Crippen LogP contribution >= 0.6 is 0 Å². The molecule has 0 atom stereocenters. The molecule has 0 aliphatic carbocycles. The minimum atomic E-state index is 0.422. The van der Waals surface area contributed by atoms with Gasteiger partial charge in [0.15, 0.2) is 0 Å². The molecule has 2 heteroatoms. The monoisotopic (exact) mass is 270 g/mol. The lowest BCUT2D eigenvalue weighted by Crippen LogP contribution is -2.25. The topological polar surface area (TPSA) is 29.3 Å². The summed E-state index contributed by atoms with van der Waals surface area (Å²) in [5, 5.41) is 0. The lowest BCUT2D eigenvalue weighted by atomic mass is 9.85. The first-order valence-corrected chi connectivity index (χ1v) is 7.59. The predicted octanol–water partition coefficient (Wildman–Crippen LogP) is 3.01. The zero-order chi connectivity index (χ0) is 14.4. The summed E-state index contributed by atoms with van der Waals surface area (Å²) in [6, 6.07) is 8.54. The van der Waals surface area contributed by atoms with Crippen molar-refractivity contribution in [3.05, 3.63) is 35.4 Å². The smallest absolute Gasteiger partial charge is 0.0555 e. The van der Waals surface area contributed by atoms with Crippen molar-refractivity contribution in [1.29, 1.82) is 0 Å². The van der Waals surface area contributed by atoms with Gasteiger partial charge in [-0.3, -0.25) is 4.90 Å². The van der Waals surface area contributed by atoms with Crippen LogP contribution in [0.5, 0.6) is 0 Å². The summed E-state index contributed by atoms with van der Waals surface area (Å²) in [6.45, 7) is 8.65. The third kappa shape index (κ3) is 4.67. The van der Waals surface area contributed by atoms with Crippen LogP contribution in [0.25, 0.3) is 0 Å². The average molecular weight is 270 g/mol. The van der Waals surface area contributed by atoms with E-state index in [1.807, 2.05) is 0 Å². The number of hydrogen-bond donors (Lipinski definition) is 1. The largest absolute Gasteiger partial charge is 0.320 e. The number of nitrogens with two attached hydrogens (primary N) is 1. The molecule has 1 aliphatic rings. The third-order valence-electron chi connectivity index (χ3n) is 4.10. The summed E-state index contributed by atoms with van der Waals surface area (Å²) in [7, 11) is 0. The molecule has 0 bridgehead atoms. The van der Waals surface area contributed by atoms with E-state index in [0.717, 1.165) is 12.1 Å². The van der Waals surface area contributed by atoms with Gasteiger partial charge in [0.2, 0.25) is 0 Å². The fraction of sp³-hybridized carbons (Fsp3) is 0.556. The Kier molecular flexibility index (Phi) is 5.23. The Morgan fingerprint density at radius 2 is 2.10 bits per heavy atom. The van der Waals surface area contributed by atoms with Crippen molar-refractivity contribution < 1.29 is 0 Å². The van der Waals surface area contributed by atoms with E-state index in [9.17, 15) is 0 Å². The fourth-order valence-electron chi connectivity index (χ4n) is 2.80. The first-order chi connectivity index (χ1) is 9.59. The molecule has 0 unspecified atom stereocenters. The van der Waals surface area contributed by atoms with E-state index in [1.54, 1.807) is 0 Å². The predicted molar refractivity (Wildman–Crippen MR) is 85.3 cm³/mol. The van der Waals surface area contributed by atoms with E-state index < -0.39 is 0 Å². The lowest BCUT2D eigenvalue weighted by Gasteiger charge is -2.23. The van der Waals surface area contributed by atoms with Crippen molar-refractivity contribution in [3.63, 3.8) is 0 Å². The van der Waals surface area contributed by atoms with Gasteiger partial charge in [0.05, 0.1) is 6.54 Å². The van der Waals surface area contributed by atoms with E-state index in [4.69, 9.17) is 5.73 Å². The molecule has 0 radical (unpaired) electrons. The maximum Gasteiger partial charge on any atom is 0.0555 e. The van der Waals surface area contributed by atoms with Crippen molar-refractivity contribution in [1.82, 2.24) is 4.90 Å². The van der Waals surface area contributed by atoms with Crippen molar-refractivity contribution in [2.45, 2.75) is 39.7 Å². The molecule has 0 saturated carbocycles. The van der Waals surface area contributed by atoms with Gasteiger partial charge < -0.3 is 5.73 Å². The second-order valence-electron chi connectivity index (χ2n) is 6.50. The second kappa shape index (κ2) is 6.92. The maximum atomic E-state index is 5.42. The van der Waals surface area contributed by atoms with E-state index >= 15 is 0 Å². The third-order valence-corrected chi connectivity index (χ3v) is 4.10. The molecular weight excluding hydrogens is 244 g/mol. The summed E-state index contributed by atoms with van der Waals surface area (Å²) in [5.41, 5.74) is 8.36. The number of hydrogen-bond acceptors (Lipinski definition) is 2. The molecule has 0 amide bonds. The van der Waals surface area contributed by atoms with Gasteiger partial charge in [-0.2, -0.15) is 0 Å². The van der Waals surface area contributed by atoms with E-state index in [0.29, 0.717) is 12.0 Å². The Morgan fingerprint density at radius 1 is 1.25 bits per heavy atom. The zero-order valence-electron chi connectivity index (χ0n) is 12.8. The van der Waals surface area contributed by atoms with Crippen molar-refractivity contribution in [2.75, 3.05) is 19.6 Å². The Morgan fingerprint density at radius 3 is 2.90 bits per heavy atom. The van der Waals surface area contributed by atoms with E-state index in [1.165, 1.54) is 37.9 Å². The molecule has 2 N–H and O–H groups in total. The number of rotatable bonds is 2. The molecule has 1 saturated heterocycles. The highest BCUT2D eigenvalue weighted by Gasteiger charge is 2.22. The summed E-state index contributed by atoms with van der Waals surface area (Å²) >= 11 is 0. The molecule has 1 aromatic carbocycles. The van der Waals surface area contributed by atoms with Gasteiger partial charge in [-0.25, -0.2) is 0 Å². The molecule has 2 nitrogen and oxygen atoms in total. The highest BCUT2D eigenvalue weighted by molar-refractivity contribution is 5.37. The zero-order valence-corrected chi connectivity index (χ0v) is 12.8. The summed E-state index contributed by atoms with van der Waals surface area (Å²) in [6.07, 6.45) is 3.94. The Hall–Kier alpha value is -1.30. The van der Waals surface area contributed by atoms with Crippen molar-refractivity contribution >= 4 is 0 Å². The molecule has 0 aromatic heterocycles. The van der Waals surface area contributed by atoms with Crippen LogP contribution < -0.4 is 5.73 Å². The van der Waals surface area contributed by atoms with Crippen molar-refractivity contribution in [3.8, 4) is 11.8 Å². The van der Waals surface area contributed by atoms with E-state index in [2.05, 4.69) is 54.9 Å². The fourth-order valence-corrected chi connectivity index (χ4v) is 2.80. The molecule has 108 valence electrons. The van der Waals surface area contributed by atoms with Gasteiger partial charge >= 0.3 is 0 Å². The normalized spacial score (nSPS) is 18.9. The number of benzene rings is 1. The Bertz CT molecular complexity index is 494. The first kappa shape index (κ1) is 15.1. The van der Waals surface area contributed by atoms with E-state index in [-0.39, 0.29) is 0 Å².